The minimum absolute atomic E-state index is 0.0323. The number of alkyl halides is 3. The molecule has 1 N–H and O–H groups in total. The van der Waals surface area contributed by atoms with Crippen LogP contribution in [0, 0.1) is 0 Å². The molecule has 3 rings (SSSR count). The molecule has 0 radical (unpaired) electrons. The lowest BCUT2D eigenvalue weighted by atomic mass is 9.91. The Kier molecular flexibility index (Phi) is 4.27. The van der Waals surface area contributed by atoms with Gasteiger partial charge >= 0.3 is 6.18 Å². The SMILES string of the molecule is CCc1ccc([C@H](N2NC(=O)CC2(C)C)C(F)(F)F)c2ccccc12. The number of benzene rings is 2. The Morgan fingerprint density at radius 3 is 2.32 bits per heavy atom. The van der Waals surface area contributed by atoms with Crippen LogP contribution in [0.5, 0.6) is 0 Å². The van der Waals surface area contributed by atoms with Crippen LogP contribution in [-0.4, -0.2) is 22.6 Å². The van der Waals surface area contributed by atoms with Gasteiger partial charge < -0.3 is 0 Å². The van der Waals surface area contributed by atoms with Crippen LogP contribution in [0.15, 0.2) is 36.4 Å². The Morgan fingerprint density at radius 1 is 1.16 bits per heavy atom. The maximum Gasteiger partial charge on any atom is 0.409 e. The van der Waals surface area contributed by atoms with Gasteiger partial charge in [-0.3, -0.25) is 10.2 Å². The summed E-state index contributed by atoms with van der Waals surface area (Å²) in [5, 5.41) is 2.45. The van der Waals surface area contributed by atoms with E-state index in [1.54, 1.807) is 38.1 Å². The molecule has 1 amide bonds. The number of rotatable bonds is 3. The van der Waals surface area contributed by atoms with Crippen LogP contribution >= 0.6 is 0 Å². The molecule has 0 aliphatic carbocycles. The van der Waals surface area contributed by atoms with E-state index in [0.29, 0.717) is 5.39 Å². The van der Waals surface area contributed by atoms with Gasteiger partial charge in [0.15, 0.2) is 6.04 Å². The molecule has 0 unspecified atom stereocenters. The van der Waals surface area contributed by atoms with E-state index in [0.717, 1.165) is 22.4 Å². The van der Waals surface area contributed by atoms with Crippen LogP contribution < -0.4 is 5.43 Å². The summed E-state index contributed by atoms with van der Waals surface area (Å²) in [5.41, 5.74) is 2.66. The smallest absolute Gasteiger partial charge is 0.287 e. The molecule has 2 aromatic carbocycles. The highest BCUT2D eigenvalue weighted by Crippen LogP contribution is 2.45. The monoisotopic (exact) mass is 350 g/mol. The third-order valence-electron chi connectivity index (χ3n) is 4.78. The second kappa shape index (κ2) is 6.02. The Labute approximate surface area is 144 Å². The number of amides is 1. The average molecular weight is 350 g/mol. The predicted octanol–water partition coefficient (Wildman–Crippen LogP) is 4.52. The number of nitrogens with one attached hydrogen (secondary N) is 1. The van der Waals surface area contributed by atoms with Gasteiger partial charge in [0.2, 0.25) is 5.91 Å². The fourth-order valence-electron chi connectivity index (χ4n) is 3.61. The van der Waals surface area contributed by atoms with Crippen LogP contribution in [-0.2, 0) is 11.2 Å². The molecular formula is C19H21F3N2O. The van der Waals surface area contributed by atoms with E-state index >= 15 is 0 Å². The molecule has 0 spiro atoms. The molecule has 1 aliphatic heterocycles. The maximum absolute atomic E-state index is 14.0. The third kappa shape index (κ3) is 3.11. The van der Waals surface area contributed by atoms with Crippen molar-refractivity contribution in [3.05, 3.63) is 47.5 Å². The highest BCUT2D eigenvalue weighted by molar-refractivity contribution is 5.89. The summed E-state index contributed by atoms with van der Waals surface area (Å²) in [7, 11) is 0. The number of carbonyl (C=O) groups is 1. The van der Waals surface area contributed by atoms with Crippen molar-refractivity contribution >= 4 is 16.7 Å². The molecule has 0 saturated carbocycles. The fraction of sp³-hybridized carbons (Fsp3) is 0.421. The zero-order valence-corrected chi connectivity index (χ0v) is 14.4. The van der Waals surface area contributed by atoms with Crippen LogP contribution in [0.25, 0.3) is 10.8 Å². The number of carbonyl (C=O) groups excluding carboxylic acids is 1. The van der Waals surface area contributed by atoms with Gasteiger partial charge in [0.05, 0.1) is 0 Å². The number of hydrazine groups is 1. The molecule has 1 heterocycles. The van der Waals surface area contributed by atoms with Gasteiger partial charge in [-0.05, 0) is 42.2 Å². The average Bonchev–Trinajstić information content (AvgIpc) is 2.78. The van der Waals surface area contributed by atoms with Gasteiger partial charge in [0.25, 0.3) is 0 Å². The van der Waals surface area contributed by atoms with Crippen LogP contribution in [0.4, 0.5) is 13.2 Å². The van der Waals surface area contributed by atoms with Gasteiger partial charge in [0.1, 0.15) is 0 Å². The zero-order valence-electron chi connectivity index (χ0n) is 14.4. The van der Waals surface area contributed by atoms with Crippen molar-refractivity contribution < 1.29 is 18.0 Å². The number of fused-ring (bicyclic) bond motifs is 1. The van der Waals surface area contributed by atoms with Gasteiger partial charge in [-0.1, -0.05) is 43.3 Å². The summed E-state index contributed by atoms with van der Waals surface area (Å²) in [6, 6.07) is 8.53. The van der Waals surface area contributed by atoms with Gasteiger partial charge in [0, 0.05) is 12.0 Å². The Bertz CT molecular complexity index is 814. The summed E-state index contributed by atoms with van der Waals surface area (Å²) in [6.45, 7) is 5.27. The lowest BCUT2D eigenvalue weighted by molar-refractivity contribution is -0.203. The molecule has 134 valence electrons. The molecule has 6 heteroatoms. The summed E-state index contributed by atoms with van der Waals surface area (Å²) in [4.78, 5) is 11.8. The van der Waals surface area contributed by atoms with Crippen molar-refractivity contribution in [3.63, 3.8) is 0 Å². The normalized spacial score (nSPS) is 19.2. The fourth-order valence-corrected chi connectivity index (χ4v) is 3.61. The number of nitrogens with zero attached hydrogens (tertiary/aromatic N) is 1. The lowest BCUT2D eigenvalue weighted by Crippen LogP contribution is -2.51. The maximum atomic E-state index is 14.0. The van der Waals surface area contributed by atoms with Crippen molar-refractivity contribution in [3.8, 4) is 0 Å². The Hall–Kier alpha value is -2.08. The van der Waals surface area contributed by atoms with E-state index in [2.05, 4.69) is 5.43 Å². The number of hydrogen-bond donors (Lipinski definition) is 1. The summed E-state index contributed by atoms with van der Waals surface area (Å²) in [6.07, 6.45) is -3.75. The van der Waals surface area contributed by atoms with Crippen molar-refractivity contribution in [2.45, 2.75) is 51.4 Å². The standard InChI is InChI=1S/C19H21F3N2O/c1-4-12-9-10-15(14-8-6-5-7-13(12)14)17(19(20,21)22)24-18(2,3)11-16(25)23-24/h5-10,17H,4,11H2,1-3H3,(H,23,25)/t17-/m0/s1. The first kappa shape index (κ1) is 17.7. The van der Waals surface area contributed by atoms with E-state index in [4.69, 9.17) is 0 Å². The molecule has 2 aromatic rings. The highest BCUT2D eigenvalue weighted by atomic mass is 19.4. The molecule has 1 aliphatic rings. The molecule has 25 heavy (non-hydrogen) atoms. The van der Waals surface area contributed by atoms with Crippen LogP contribution in [0.2, 0.25) is 0 Å². The number of aryl methyl sites for hydroxylation is 1. The molecule has 0 bridgehead atoms. The second-order valence-corrected chi connectivity index (χ2v) is 7.05. The van der Waals surface area contributed by atoms with Gasteiger partial charge in [-0.2, -0.15) is 18.2 Å². The van der Waals surface area contributed by atoms with Crippen molar-refractivity contribution in [2.24, 2.45) is 0 Å². The van der Waals surface area contributed by atoms with E-state index in [1.807, 2.05) is 19.1 Å². The van der Waals surface area contributed by atoms with Gasteiger partial charge in [-0.25, -0.2) is 0 Å². The summed E-state index contributed by atoms with van der Waals surface area (Å²) < 4.78 is 42.1. The molecule has 1 atom stereocenters. The Balaban J connectivity index is 2.23. The molecule has 0 aromatic heterocycles. The van der Waals surface area contributed by atoms with Crippen LogP contribution in [0.1, 0.15) is 44.4 Å². The Morgan fingerprint density at radius 2 is 1.80 bits per heavy atom. The lowest BCUT2D eigenvalue weighted by Gasteiger charge is -2.38. The van der Waals surface area contributed by atoms with E-state index in [-0.39, 0.29) is 12.0 Å². The zero-order chi connectivity index (χ0) is 18.4. The predicted molar refractivity (Wildman–Crippen MR) is 90.8 cm³/mol. The third-order valence-corrected chi connectivity index (χ3v) is 4.78. The minimum atomic E-state index is -4.52. The molecule has 1 saturated heterocycles. The topological polar surface area (TPSA) is 32.3 Å². The highest BCUT2D eigenvalue weighted by Gasteiger charge is 2.53. The van der Waals surface area contributed by atoms with E-state index < -0.39 is 23.7 Å². The quantitative estimate of drug-likeness (QED) is 0.883. The minimum Gasteiger partial charge on any atom is -0.287 e. The molecule has 3 nitrogen and oxygen atoms in total. The summed E-state index contributed by atoms with van der Waals surface area (Å²) >= 11 is 0. The summed E-state index contributed by atoms with van der Waals surface area (Å²) in [5.74, 6) is -0.395. The molecule has 1 fully saturated rings. The number of hydrogen-bond acceptors (Lipinski definition) is 2. The van der Waals surface area contributed by atoms with Crippen molar-refractivity contribution in [1.82, 2.24) is 10.4 Å². The van der Waals surface area contributed by atoms with Gasteiger partial charge in [-0.15, -0.1) is 0 Å². The first-order valence-electron chi connectivity index (χ1n) is 8.31. The largest absolute Gasteiger partial charge is 0.409 e. The first-order valence-corrected chi connectivity index (χ1v) is 8.31. The first-order chi connectivity index (χ1) is 11.6. The number of halogens is 3. The van der Waals surface area contributed by atoms with Crippen molar-refractivity contribution in [1.29, 1.82) is 0 Å². The van der Waals surface area contributed by atoms with E-state index in [9.17, 15) is 18.0 Å². The van der Waals surface area contributed by atoms with Crippen molar-refractivity contribution in [2.75, 3.05) is 0 Å². The van der Waals surface area contributed by atoms with E-state index in [1.165, 1.54) is 0 Å². The molecular weight excluding hydrogens is 329 g/mol. The second-order valence-electron chi connectivity index (χ2n) is 7.05. The van der Waals surface area contributed by atoms with Crippen LogP contribution in [0.3, 0.4) is 0 Å².